The first-order valence-corrected chi connectivity index (χ1v) is 8.11. The Labute approximate surface area is 197 Å². The molecule has 2 aromatic carbocycles. The normalized spacial score (nSPS) is 8.68. The van der Waals surface area contributed by atoms with Crippen molar-refractivity contribution in [1.29, 1.82) is 0 Å². The number of hydrogen-bond acceptors (Lipinski definition) is 2. The third-order valence-electron chi connectivity index (χ3n) is 3.16. The first-order chi connectivity index (χ1) is 11.4. The van der Waals surface area contributed by atoms with Crippen molar-refractivity contribution in [2.45, 2.75) is 68.5 Å². The van der Waals surface area contributed by atoms with Crippen LogP contribution in [0, 0.1) is 5.82 Å². The van der Waals surface area contributed by atoms with Crippen LogP contribution in [0.5, 0.6) is 0 Å². The largest absolute Gasteiger partial charge is 0.445 e. The summed E-state index contributed by atoms with van der Waals surface area (Å²) >= 11 is 0. The summed E-state index contributed by atoms with van der Waals surface area (Å²) in [6.45, 7) is 8.29. The van der Waals surface area contributed by atoms with Crippen LogP contribution in [0.4, 0.5) is 9.18 Å². The van der Waals surface area contributed by atoms with E-state index in [9.17, 15) is 9.18 Å². The number of carbonyl (C=O) groups excluding carboxylic acids is 1. The van der Waals surface area contributed by atoms with Crippen molar-refractivity contribution in [2.24, 2.45) is 0 Å². The maximum absolute atomic E-state index is 12.4. The van der Waals surface area contributed by atoms with Crippen LogP contribution in [-0.4, -0.2) is 12.1 Å². The van der Waals surface area contributed by atoms with Crippen LogP contribution in [0.2, 0.25) is 0 Å². The fraction of sp³-hybridized carbons (Fsp3) is 0.435. The predicted octanol–water partition coefficient (Wildman–Crippen LogP) is 7.18. The van der Waals surface area contributed by atoms with Crippen molar-refractivity contribution in [3.63, 3.8) is 0 Å². The van der Waals surface area contributed by atoms with Gasteiger partial charge in [-0.3, -0.25) is 0 Å². The Morgan fingerprint density at radius 2 is 1.43 bits per heavy atom. The minimum absolute atomic E-state index is 0. The minimum atomic E-state index is -0.371. The van der Waals surface area contributed by atoms with Crippen molar-refractivity contribution < 1.29 is 46.6 Å². The molecule has 0 aliphatic carbocycles. The van der Waals surface area contributed by atoms with E-state index in [4.69, 9.17) is 4.74 Å². The number of rotatable bonds is 4. The second-order valence-electron chi connectivity index (χ2n) is 6.07. The molecule has 0 bridgehead atoms. The van der Waals surface area contributed by atoms with E-state index in [0.717, 1.165) is 5.56 Å². The number of benzene rings is 2. The quantitative estimate of drug-likeness (QED) is 0.516. The van der Waals surface area contributed by atoms with Crippen LogP contribution in [0.15, 0.2) is 54.6 Å². The van der Waals surface area contributed by atoms with E-state index in [2.05, 4.69) is 19.2 Å². The maximum Gasteiger partial charge on any atom is 0.407 e. The Kier molecular flexibility index (Phi) is 23.3. The molecule has 3 nitrogen and oxygen atoms in total. The Balaban J connectivity index is -0.000000187. The predicted molar refractivity (Wildman–Crippen MR) is 116 cm³/mol. The Morgan fingerprint density at radius 1 is 0.929 bits per heavy atom. The zero-order chi connectivity index (χ0) is 17.9. The fourth-order valence-electron chi connectivity index (χ4n) is 1.85. The fourth-order valence-corrected chi connectivity index (χ4v) is 1.85. The van der Waals surface area contributed by atoms with Gasteiger partial charge in [-0.15, -0.1) is 0 Å². The van der Waals surface area contributed by atoms with E-state index < -0.39 is 0 Å². The van der Waals surface area contributed by atoms with E-state index in [0.29, 0.717) is 12.5 Å². The van der Waals surface area contributed by atoms with Crippen molar-refractivity contribution >= 4 is 6.09 Å². The first kappa shape index (κ1) is 34.3. The molecule has 0 aromatic heterocycles. The van der Waals surface area contributed by atoms with E-state index in [1.54, 1.807) is 0 Å². The molecule has 1 amide bonds. The van der Waals surface area contributed by atoms with E-state index in [1.165, 1.54) is 17.7 Å². The molecular formula is C23H38FNO2Y. The second-order valence-corrected chi connectivity index (χ2v) is 6.07. The summed E-state index contributed by atoms with van der Waals surface area (Å²) in [7, 11) is 0. The van der Waals surface area contributed by atoms with Crippen molar-refractivity contribution in [3.8, 4) is 0 Å². The van der Waals surface area contributed by atoms with Crippen molar-refractivity contribution in [2.75, 3.05) is 0 Å². The SMILES string of the molecule is C.C.C.CC(C)NC(=O)OCc1ccccc1.CC(C)c1ccc(F)cc1.[Y]. The molecule has 0 aliphatic heterocycles. The third-order valence-corrected chi connectivity index (χ3v) is 3.16. The average molecular weight is 468 g/mol. The van der Waals surface area contributed by atoms with Gasteiger partial charge in [-0.2, -0.15) is 0 Å². The van der Waals surface area contributed by atoms with Crippen LogP contribution in [0.3, 0.4) is 0 Å². The van der Waals surface area contributed by atoms with E-state index in [1.807, 2.05) is 56.3 Å². The van der Waals surface area contributed by atoms with Crippen LogP contribution < -0.4 is 5.32 Å². The van der Waals surface area contributed by atoms with Gasteiger partial charge in [-0.05, 0) is 43.0 Å². The molecule has 0 atom stereocenters. The molecule has 28 heavy (non-hydrogen) atoms. The molecule has 1 radical (unpaired) electrons. The summed E-state index contributed by atoms with van der Waals surface area (Å²) in [6.07, 6.45) is -0.371. The molecule has 0 aliphatic rings. The molecule has 2 aromatic rings. The number of hydrogen-bond donors (Lipinski definition) is 1. The molecule has 157 valence electrons. The molecule has 0 saturated heterocycles. The van der Waals surface area contributed by atoms with Crippen LogP contribution in [0.1, 0.15) is 67.0 Å². The number of ether oxygens (including phenoxy) is 1. The molecular weight excluding hydrogens is 430 g/mol. The van der Waals surface area contributed by atoms with E-state index >= 15 is 0 Å². The van der Waals surface area contributed by atoms with Gasteiger partial charge in [-0.25, -0.2) is 9.18 Å². The van der Waals surface area contributed by atoms with Gasteiger partial charge in [0.1, 0.15) is 12.4 Å². The minimum Gasteiger partial charge on any atom is -0.445 e. The summed E-state index contributed by atoms with van der Waals surface area (Å²) in [5.74, 6) is 0.324. The molecule has 2 rings (SSSR count). The molecule has 0 unspecified atom stereocenters. The molecule has 1 N–H and O–H groups in total. The van der Waals surface area contributed by atoms with Gasteiger partial charge in [0.05, 0.1) is 0 Å². The standard InChI is InChI=1S/C11H15NO2.C9H11F.3CH4.Y/c1-9(2)12-11(13)14-8-10-6-4-3-5-7-10;1-7(2)8-3-5-9(10)6-4-8;;;;/h3-7,9H,8H2,1-2H3,(H,12,13);3-7H,1-2H3;3*1H4;. The Bertz CT molecular complexity index is 602. The third kappa shape index (κ3) is 15.8. The van der Waals surface area contributed by atoms with Crippen molar-refractivity contribution in [1.82, 2.24) is 5.32 Å². The average Bonchev–Trinajstić information content (AvgIpc) is 2.54. The molecule has 5 heteroatoms. The van der Waals surface area contributed by atoms with E-state index in [-0.39, 0.29) is 72.9 Å². The smallest absolute Gasteiger partial charge is 0.407 e. The summed E-state index contributed by atoms with van der Waals surface area (Å²) in [6, 6.07) is 16.3. The molecule has 0 heterocycles. The second kappa shape index (κ2) is 19.1. The molecule has 0 saturated carbocycles. The van der Waals surface area contributed by atoms with Gasteiger partial charge < -0.3 is 10.1 Å². The topological polar surface area (TPSA) is 38.3 Å². The summed E-state index contributed by atoms with van der Waals surface area (Å²) in [4.78, 5) is 11.1. The zero-order valence-corrected chi connectivity index (χ0v) is 18.2. The monoisotopic (exact) mass is 468 g/mol. The van der Waals surface area contributed by atoms with Crippen molar-refractivity contribution in [3.05, 3.63) is 71.5 Å². The number of halogens is 1. The number of alkyl carbamates (subject to hydrolysis) is 1. The number of amides is 1. The van der Waals surface area contributed by atoms with Gasteiger partial charge >= 0.3 is 6.09 Å². The van der Waals surface area contributed by atoms with Crippen LogP contribution in [0.25, 0.3) is 0 Å². The summed E-state index contributed by atoms with van der Waals surface area (Å²) in [5, 5.41) is 2.65. The van der Waals surface area contributed by atoms with Gasteiger partial charge in [0.2, 0.25) is 0 Å². The van der Waals surface area contributed by atoms with Gasteiger partial charge in [-0.1, -0.05) is 78.6 Å². The van der Waals surface area contributed by atoms with Crippen LogP contribution in [-0.2, 0) is 44.1 Å². The van der Waals surface area contributed by atoms with Crippen LogP contribution >= 0.6 is 0 Å². The summed E-state index contributed by atoms with van der Waals surface area (Å²) < 4.78 is 17.3. The van der Waals surface area contributed by atoms with Gasteiger partial charge in [0.25, 0.3) is 0 Å². The number of nitrogens with one attached hydrogen (secondary N) is 1. The Morgan fingerprint density at radius 3 is 1.86 bits per heavy atom. The first-order valence-electron chi connectivity index (χ1n) is 8.11. The zero-order valence-electron chi connectivity index (χ0n) is 15.3. The maximum atomic E-state index is 12.4. The number of carbonyl (C=O) groups is 1. The molecule has 0 spiro atoms. The Hall–Kier alpha value is -1.26. The van der Waals surface area contributed by atoms with Gasteiger partial charge in [0, 0.05) is 38.8 Å². The summed E-state index contributed by atoms with van der Waals surface area (Å²) in [5.41, 5.74) is 2.17. The molecule has 0 fully saturated rings. The van der Waals surface area contributed by atoms with Gasteiger partial charge in [0.15, 0.2) is 0 Å².